The number of nitrogens with zero attached hydrogens (tertiary/aromatic N) is 1. The van der Waals surface area contributed by atoms with E-state index >= 15 is 0 Å². The molecule has 0 aromatic heterocycles. The minimum Gasteiger partial charge on any atom is -0.490 e. The molecule has 166 valence electrons. The van der Waals surface area contributed by atoms with Crippen molar-refractivity contribution in [2.45, 2.75) is 20.0 Å². The number of ether oxygens (including phenoxy) is 2. The number of hydrogen-bond donors (Lipinski definition) is 1. The Morgan fingerprint density at radius 2 is 2.00 bits per heavy atom. The Balaban J connectivity index is 1.94. The summed E-state index contributed by atoms with van der Waals surface area (Å²) in [5, 5.41) is 9.02. The minimum absolute atomic E-state index is 0.225. The quantitative estimate of drug-likeness (QED) is 0.308. The lowest BCUT2D eigenvalue weighted by atomic mass is 10.0. The Hall–Kier alpha value is -3.10. The van der Waals surface area contributed by atoms with Gasteiger partial charge in [0.1, 0.15) is 17.5 Å². The molecule has 0 spiro atoms. The van der Waals surface area contributed by atoms with Gasteiger partial charge in [-0.05, 0) is 42.7 Å². The van der Waals surface area contributed by atoms with Gasteiger partial charge >= 0.3 is 5.97 Å². The number of rotatable bonds is 10. The van der Waals surface area contributed by atoms with Gasteiger partial charge in [0, 0.05) is 5.56 Å². The van der Waals surface area contributed by atoms with Crippen LogP contribution in [0, 0.1) is 0 Å². The highest BCUT2D eigenvalue weighted by Gasteiger charge is 2.33. The van der Waals surface area contributed by atoms with Crippen molar-refractivity contribution < 1.29 is 24.2 Å². The number of allylic oxidation sites excluding steroid dienone is 1. The van der Waals surface area contributed by atoms with E-state index in [0.717, 1.165) is 33.4 Å². The van der Waals surface area contributed by atoms with Crippen molar-refractivity contribution in [3.63, 3.8) is 0 Å². The Kier molecular flexibility index (Phi) is 8.08. The van der Waals surface area contributed by atoms with Crippen LogP contribution in [-0.2, 0) is 22.6 Å². The number of hydrogen-bond acceptors (Lipinski definition) is 6. The van der Waals surface area contributed by atoms with Crippen LogP contribution in [0.1, 0.15) is 23.6 Å². The summed E-state index contributed by atoms with van der Waals surface area (Å²) in [6.45, 7) is 6.09. The van der Waals surface area contributed by atoms with Gasteiger partial charge in [-0.25, -0.2) is 0 Å². The molecule has 3 rings (SSSR count). The highest BCUT2D eigenvalue weighted by atomic mass is 32.2. The summed E-state index contributed by atoms with van der Waals surface area (Å²) >= 11 is 6.25. The van der Waals surface area contributed by atoms with Crippen molar-refractivity contribution in [2.24, 2.45) is 0 Å². The molecule has 1 aliphatic rings. The van der Waals surface area contributed by atoms with Crippen molar-refractivity contribution >= 4 is 46.3 Å². The first-order valence-corrected chi connectivity index (χ1v) is 11.2. The first-order chi connectivity index (χ1) is 15.4. The van der Waals surface area contributed by atoms with E-state index in [1.165, 1.54) is 0 Å². The number of carbonyl (C=O) groups excluding carboxylic acids is 1. The molecule has 8 heteroatoms. The van der Waals surface area contributed by atoms with E-state index in [-0.39, 0.29) is 4.32 Å². The van der Waals surface area contributed by atoms with Gasteiger partial charge in [-0.1, -0.05) is 60.4 Å². The van der Waals surface area contributed by atoms with Gasteiger partial charge in [0.2, 0.25) is 0 Å². The monoisotopic (exact) mass is 469 g/mol. The molecule has 1 amide bonds. The van der Waals surface area contributed by atoms with Crippen LogP contribution in [-0.4, -0.2) is 39.4 Å². The second kappa shape index (κ2) is 11.0. The van der Waals surface area contributed by atoms with Gasteiger partial charge in [-0.15, -0.1) is 6.58 Å². The largest absolute Gasteiger partial charge is 0.490 e. The maximum absolute atomic E-state index is 12.6. The molecule has 2 aromatic rings. The summed E-state index contributed by atoms with van der Waals surface area (Å²) in [5.41, 5.74) is 2.63. The summed E-state index contributed by atoms with van der Waals surface area (Å²) < 4.78 is 12.2. The van der Waals surface area contributed by atoms with Gasteiger partial charge in [-0.3, -0.25) is 14.5 Å². The number of carboxylic acid groups (broad SMARTS) is 1. The molecule has 0 radical (unpaired) electrons. The van der Waals surface area contributed by atoms with Crippen LogP contribution < -0.4 is 9.47 Å². The maximum atomic E-state index is 12.6. The van der Waals surface area contributed by atoms with E-state index < -0.39 is 18.4 Å². The van der Waals surface area contributed by atoms with Crippen LogP contribution in [0.25, 0.3) is 6.08 Å². The fourth-order valence-electron chi connectivity index (χ4n) is 3.15. The maximum Gasteiger partial charge on any atom is 0.323 e. The highest BCUT2D eigenvalue weighted by Crippen LogP contribution is 2.37. The summed E-state index contributed by atoms with van der Waals surface area (Å²) in [4.78, 5) is 25.1. The second-order valence-corrected chi connectivity index (χ2v) is 8.54. The number of thiocarbonyl (C=S) groups is 1. The van der Waals surface area contributed by atoms with E-state index in [1.54, 1.807) is 18.2 Å². The number of carboxylic acids is 1. The summed E-state index contributed by atoms with van der Waals surface area (Å²) in [7, 11) is 0. The smallest absolute Gasteiger partial charge is 0.323 e. The third-order valence-corrected chi connectivity index (χ3v) is 5.89. The van der Waals surface area contributed by atoms with Crippen LogP contribution in [0.2, 0.25) is 0 Å². The number of aliphatic carboxylic acids is 1. The molecule has 2 aromatic carbocycles. The van der Waals surface area contributed by atoms with E-state index in [9.17, 15) is 9.59 Å². The summed E-state index contributed by atoms with van der Waals surface area (Å²) in [6.07, 6.45) is 4.01. The molecule has 32 heavy (non-hydrogen) atoms. The SMILES string of the molecule is C=CCc1cc(C=C2SC(=S)N(CC(=O)O)C2=O)cc(OCC)c1OCc1ccccc1. The highest BCUT2D eigenvalue weighted by molar-refractivity contribution is 8.26. The molecule has 0 aliphatic carbocycles. The molecule has 1 saturated heterocycles. The average Bonchev–Trinajstić information content (AvgIpc) is 3.01. The molecule has 0 saturated carbocycles. The lowest BCUT2D eigenvalue weighted by Gasteiger charge is -2.17. The molecule has 1 fully saturated rings. The number of thioether (sulfide) groups is 1. The van der Waals surface area contributed by atoms with Crippen LogP contribution in [0.15, 0.2) is 60.0 Å². The third-order valence-electron chi connectivity index (χ3n) is 4.51. The van der Waals surface area contributed by atoms with Crippen molar-refractivity contribution in [3.05, 3.63) is 76.7 Å². The summed E-state index contributed by atoms with van der Waals surface area (Å²) in [6, 6.07) is 13.6. The molecule has 1 aliphatic heterocycles. The van der Waals surface area contributed by atoms with Gasteiger partial charge in [0.15, 0.2) is 11.5 Å². The van der Waals surface area contributed by atoms with E-state index in [0.29, 0.717) is 36.0 Å². The van der Waals surface area contributed by atoms with Crippen LogP contribution >= 0.6 is 24.0 Å². The molecular weight excluding hydrogens is 446 g/mol. The topological polar surface area (TPSA) is 76.1 Å². The lowest BCUT2D eigenvalue weighted by Crippen LogP contribution is -2.33. The van der Waals surface area contributed by atoms with Gasteiger partial charge < -0.3 is 14.6 Å². The average molecular weight is 470 g/mol. The Bertz CT molecular complexity index is 1070. The molecule has 1 N–H and O–H groups in total. The standard InChI is InChI=1S/C24H23NO5S2/c1-3-8-18-11-17(13-20-23(28)25(14-21(26)27)24(31)32-20)12-19(29-4-2)22(18)30-15-16-9-6-5-7-10-16/h3,5-7,9-13H,1,4,8,14-15H2,2H3,(H,26,27). The zero-order valence-corrected chi connectivity index (χ0v) is 19.2. The zero-order chi connectivity index (χ0) is 23.1. The predicted molar refractivity (Wildman–Crippen MR) is 130 cm³/mol. The van der Waals surface area contributed by atoms with Gasteiger partial charge in [0.05, 0.1) is 11.5 Å². The molecule has 1 heterocycles. The minimum atomic E-state index is -1.12. The van der Waals surface area contributed by atoms with E-state index in [1.807, 2.05) is 43.3 Å². The van der Waals surface area contributed by atoms with E-state index in [4.69, 9.17) is 26.8 Å². The molecular formula is C24H23NO5S2. The molecule has 0 bridgehead atoms. The third kappa shape index (κ3) is 5.77. The van der Waals surface area contributed by atoms with Crippen LogP contribution in [0.5, 0.6) is 11.5 Å². The Morgan fingerprint density at radius 1 is 1.25 bits per heavy atom. The molecule has 6 nitrogen and oxygen atoms in total. The van der Waals surface area contributed by atoms with Crippen molar-refractivity contribution in [2.75, 3.05) is 13.2 Å². The Morgan fingerprint density at radius 3 is 2.66 bits per heavy atom. The molecule has 0 unspecified atom stereocenters. The van der Waals surface area contributed by atoms with Crippen LogP contribution in [0.3, 0.4) is 0 Å². The van der Waals surface area contributed by atoms with Gasteiger partial charge in [0.25, 0.3) is 5.91 Å². The number of carbonyl (C=O) groups is 2. The predicted octanol–water partition coefficient (Wildman–Crippen LogP) is 4.68. The molecule has 0 atom stereocenters. The fourth-order valence-corrected chi connectivity index (χ4v) is 4.41. The second-order valence-electron chi connectivity index (χ2n) is 6.87. The Labute approximate surface area is 196 Å². The number of benzene rings is 2. The van der Waals surface area contributed by atoms with Crippen molar-refractivity contribution in [1.82, 2.24) is 4.90 Å². The van der Waals surface area contributed by atoms with E-state index in [2.05, 4.69) is 6.58 Å². The summed E-state index contributed by atoms with van der Waals surface area (Å²) in [5.74, 6) is -0.342. The fraction of sp³-hybridized carbons (Fsp3) is 0.208. The normalized spacial score (nSPS) is 14.7. The first kappa shape index (κ1) is 23.6. The van der Waals surface area contributed by atoms with Gasteiger partial charge in [-0.2, -0.15) is 0 Å². The van der Waals surface area contributed by atoms with Crippen molar-refractivity contribution in [1.29, 1.82) is 0 Å². The zero-order valence-electron chi connectivity index (χ0n) is 17.6. The lowest BCUT2D eigenvalue weighted by molar-refractivity contribution is -0.140. The first-order valence-electron chi connectivity index (χ1n) is 9.97. The number of amides is 1. The van der Waals surface area contributed by atoms with Crippen molar-refractivity contribution in [3.8, 4) is 11.5 Å². The van der Waals surface area contributed by atoms with Crippen LogP contribution in [0.4, 0.5) is 0 Å².